The van der Waals surface area contributed by atoms with Crippen molar-refractivity contribution < 1.29 is 1.37 Å². The summed E-state index contributed by atoms with van der Waals surface area (Å²) in [6.45, 7) is 8.25. The first-order valence-electron chi connectivity index (χ1n) is 3.41. The van der Waals surface area contributed by atoms with Crippen LogP contribution in [0.25, 0.3) is 0 Å². The van der Waals surface area contributed by atoms with Gasteiger partial charge in [-0.25, -0.2) is 0 Å². The Morgan fingerprint density at radius 3 is 1.33 bits per heavy atom. The summed E-state index contributed by atoms with van der Waals surface area (Å²) in [4.78, 5) is 0. The van der Waals surface area contributed by atoms with Gasteiger partial charge in [-0.15, -0.1) is 0 Å². The third kappa shape index (κ3) is 0. The summed E-state index contributed by atoms with van der Waals surface area (Å²) in [5, 5.41) is 0. The molecule has 0 radical (unpaired) electrons. The normalized spacial score (nSPS) is 5.17. The third-order valence-corrected chi connectivity index (χ3v) is 0. The van der Waals surface area contributed by atoms with Gasteiger partial charge in [-0.1, -0.05) is 41.5 Å². The van der Waals surface area contributed by atoms with Crippen molar-refractivity contribution >= 4 is 0 Å². The Morgan fingerprint density at radius 1 is 1.33 bits per heavy atom. The number of hydrogen-bond acceptors (Lipinski definition) is 0. The Labute approximate surface area is 44.0 Å². The average Bonchev–Trinajstić information content (AvgIpc) is 1.78. The molecule has 0 saturated heterocycles. The first kappa shape index (κ1) is 9.38. The number of rotatable bonds is 0. The Balaban J connectivity index is -0.0000000360. The average molecular weight is 92.2 g/mol. The van der Waals surface area contributed by atoms with Crippen LogP contribution >= 0.6 is 0 Å². The summed E-state index contributed by atoms with van der Waals surface area (Å²) in [5.41, 5.74) is 0. The molecule has 42 valence electrons. The minimum Gasteiger partial charge on any atom is -0.0776 e. The predicted octanol–water partition coefficient (Wildman–Crippen LogP) is 3.08. The molecule has 0 aliphatic rings. The van der Waals surface area contributed by atoms with E-state index >= 15 is 0 Å². The molecule has 0 atom stereocenters. The van der Waals surface area contributed by atoms with Crippen molar-refractivity contribution in [1.29, 1.82) is 0 Å². The Morgan fingerprint density at radius 2 is 1.33 bits per heavy atom. The van der Waals surface area contributed by atoms with Crippen LogP contribution in [0.3, 0.4) is 0 Å². The molecule has 0 fully saturated rings. The minimum atomic E-state index is 1.25. The summed E-state index contributed by atoms with van der Waals surface area (Å²) in [5.74, 6) is 0. The van der Waals surface area contributed by atoms with E-state index in [9.17, 15) is 0 Å². The van der Waals surface area contributed by atoms with Crippen LogP contribution in [-0.4, -0.2) is 0 Å². The van der Waals surface area contributed by atoms with Crippen LogP contribution in [0.2, 0.25) is 0 Å². The van der Waals surface area contributed by atoms with Crippen molar-refractivity contribution in [3.8, 4) is 0 Å². The van der Waals surface area contributed by atoms with Crippen molar-refractivity contribution in [3.63, 3.8) is 0 Å². The highest BCUT2D eigenvalue weighted by atomic mass is 13.4. The van der Waals surface area contributed by atoms with Crippen LogP contribution < -0.4 is 0 Å². The molecule has 0 aliphatic heterocycles. The van der Waals surface area contributed by atoms with Gasteiger partial charge in [0, 0.05) is 1.37 Å². The molecule has 0 nitrogen and oxygen atoms in total. The lowest BCUT2D eigenvalue weighted by molar-refractivity contribution is 1.09. The first-order valence-corrected chi connectivity index (χ1v) is 2.41. The zero-order chi connectivity index (χ0) is 6.71. The van der Waals surface area contributed by atoms with E-state index in [1.54, 1.807) is 0 Å². The second-order valence-electron chi connectivity index (χ2n) is 0.707. The van der Waals surface area contributed by atoms with E-state index in [-0.39, 0.29) is 0 Å². The molecular weight excluding hydrogens is 72.1 g/mol. The van der Waals surface area contributed by atoms with Crippen LogP contribution in [0, 0.1) is 0 Å². The summed E-state index contributed by atoms with van der Waals surface area (Å²) in [6.07, 6.45) is 1.25. The van der Waals surface area contributed by atoms with E-state index in [1.165, 1.54) is 13.8 Å². The smallest absolute Gasteiger partial charge is 0.0194 e. The molecule has 0 unspecified atom stereocenters. The van der Waals surface area contributed by atoms with Gasteiger partial charge in [0.05, 0.1) is 0 Å². The molecule has 0 amide bonds. The van der Waals surface area contributed by atoms with Crippen LogP contribution in [0.15, 0.2) is 0 Å². The van der Waals surface area contributed by atoms with Crippen molar-refractivity contribution in [2.75, 3.05) is 0 Å². The molecule has 6 heavy (non-hydrogen) atoms. The topological polar surface area (TPSA) is 0 Å². The maximum absolute atomic E-state index is 5.75. The zero-order valence-electron chi connectivity index (χ0n) is 6.71. The molecule has 0 rings (SSSR count). The van der Waals surface area contributed by atoms with E-state index in [4.69, 9.17) is 1.37 Å². The summed E-state index contributed by atoms with van der Waals surface area (Å²) >= 11 is 0. The SMILES string of the molecule is CC.CCC.[3H]C. The fraction of sp³-hybridized carbons (Fsp3) is 1.00. The van der Waals surface area contributed by atoms with Gasteiger partial charge in [-0.2, -0.15) is 0 Å². The summed E-state index contributed by atoms with van der Waals surface area (Å²) in [6, 6.07) is 0. The summed E-state index contributed by atoms with van der Waals surface area (Å²) in [7, 11) is 1.25. The molecule has 0 spiro atoms. The lowest BCUT2D eigenvalue weighted by atomic mass is 10.6. The van der Waals surface area contributed by atoms with E-state index in [0.717, 1.165) is 0 Å². The van der Waals surface area contributed by atoms with Gasteiger partial charge in [0.25, 0.3) is 0 Å². The Bertz CT molecular complexity index is 4.14. The van der Waals surface area contributed by atoms with E-state index in [1.807, 2.05) is 13.8 Å². The molecule has 0 bridgehead atoms. The second kappa shape index (κ2) is 80.0. The zero-order valence-corrected chi connectivity index (χ0v) is 5.71. The van der Waals surface area contributed by atoms with Gasteiger partial charge in [0.15, 0.2) is 0 Å². The molecule has 0 aliphatic carbocycles. The van der Waals surface area contributed by atoms with Gasteiger partial charge in [0.1, 0.15) is 0 Å². The largest absolute Gasteiger partial charge is 0.0776 e. The monoisotopic (exact) mass is 92.1 g/mol. The highest BCUT2D eigenvalue weighted by Gasteiger charge is 1.35. The fourth-order valence-corrected chi connectivity index (χ4v) is 0. The van der Waals surface area contributed by atoms with Crippen molar-refractivity contribution in [2.45, 2.75) is 41.5 Å². The molecule has 0 aromatic rings. The van der Waals surface area contributed by atoms with Crippen LogP contribution in [0.1, 0.15) is 42.9 Å². The van der Waals surface area contributed by atoms with E-state index < -0.39 is 0 Å². The molecular formula is C6H18. The maximum atomic E-state index is 5.75. The second-order valence-corrected chi connectivity index (χ2v) is 0.707. The van der Waals surface area contributed by atoms with Gasteiger partial charge in [-0.3, -0.25) is 0 Å². The third-order valence-electron chi connectivity index (χ3n) is 0. The van der Waals surface area contributed by atoms with Crippen molar-refractivity contribution in [1.82, 2.24) is 0 Å². The number of hydrogen-bond donors (Lipinski definition) is 0. The van der Waals surface area contributed by atoms with Gasteiger partial charge in [0.2, 0.25) is 0 Å². The lowest BCUT2D eigenvalue weighted by Crippen LogP contribution is -1.27. The van der Waals surface area contributed by atoms with Crippen molar-refractivity contribution in [2.24, 2.45) is 0 Å². The fourth-order valence-electron chi connectivity index (χ4n) is 0. The van der Waals surface area contributed by atoms with E-state index in [0.29, 0.717) is 0 Å². The highest BCUT2D eigenvalue weighted by molar-refractivity contribution is 3.92. The first-order chi connectivity index (χ1) is 3.41. The van der Waals surface area contributed by atoms with Crippen molar-refractivity contribution in [3.05, 3.63) is 0 Å². The molecule has 0 heteroatoms. The van der Waals surface area contributed by atoms with Crippen LogP contribution in [-0.2, 0) is 0 Å². The molecule has 0 aromatic heterocycles. The predicted molar refractivity (Wildman–Crippen MR) is 34.0 cm³/mol. The summed E-state index contributed by atoms with van der Waals surface area (Å²) < 4.78 is 5.75. The van der Waals surface area contributed by atoms with Gasteiger partial charge >= 0.3 is 0 Å². The van der Waals surface area contributed by atoms with Gasteiger partial charge < -0.3 is 0 Å². The molecule has 0 saturated carbocycles. The van der Waals surface area contributed by atoms with E-state index in [2.05, 4.69) is 13.8 Å². The van der Waals surface area contributed by atoms with Crippen LogP contribution in [0.4, 0.5) is 0 Å². The Kier molecular flexibility index (Phi) is 125. The standard InChI is InChI=1S/C3H8.C2H6.CH4/c1-3-2;1-2;/h3H2,1-2H3;1-2H3;1H4/i;;1T. The van der Waals surface area contributed by atoms with Gasteiger partial charge in [-0.05, 0) is 0 Å². The molecule has 0 aromatic carbocycles. The quantitative estimate of drug-likeness (QED) is 0.430. The highest BCUT2D eigenvalue weighted by Crippen LogP contribution is 1.56. The molecule has 0 heterocycles. The lowest BCUT2D eigenvalue weighted by Gasteiger charge is -1.48. The molecule has 0 N–H and O–H groups in total. The Hall–Kier alpha value is 0. The maximum Gasteiger partial charge on any atom is 0.0194 e. The minimum absolute atomic E-state index is 1.25. The van der Waals surface area contributed by atoms with Crippen LogP contribution in [0.5, 0.6) is 0 Å².